The Morgan fingerprint density at radius 3 is 2.67 bits per heavy atom. The third kappa shape index (κ3) is 6.81. The standard InChI is InChI=1S/C6H14N4O2/c7-4(3-5(11)12)1-2-10-6(8)9/h4H,1-3,7H2,(H,11,12)(H4,8,9,10)/t4-/m0/s1. The second kappa shape index (κ2) is 5.36. The van der Waals surface area contributed by atoms with Gasteiger partial charge in [0.2, 0.25) is 0 Å². The summed E-state index contributed by atoms with van der Waals surface area (Å²) in [7, 11) is 0. The van der Waals surface area contributed by atoms with Gasteiger partial charge < -0.3 is 21.9 Å². The highest BCUT2D eigenvalue weighted by Gasteiger charge is 2.06. The van der Waals surface area contributed by atoms with E-state index in [1.807, 2.05) is 0 Å². The van der Waals surface area contributed by atoms with E-state index < -0.39 is 5.97 Å². The van der Waals surface area contributed by atoms with Crippen molar-refractivity contribution in [2.24, 2.45) is 11.5 Å². The molecule has 1 atom stereocenters. The lowest BCUT2D eigenvalue weighted by Gasteiger charge is -2.08. The lowest BCUT2D eigenvalue weighted by Crippen LogP contribution is -2.35. The highest BCUT2D eigenvalue weighted by molar-refractivity contribution is 5.74. The zero-order chi connectivity index (χ0) is 9.56. The highest BCUT2D eigenvalue weighted by Crippen LogP contribution is 1.92. The molecule has 0 fully saturated rings. The van der Waals surface area contributed by atoms with Crippen LogP contribution in [0.3, 0.4) is 0 Å². The van der Waals surface area contributed by atoms with Crippen LogP contribution in [0.5, 0.6) is 0 Å². The molecule has 6 nitrogen and oxygen atoms in total. The Kier molecular flexibility index (Phi) is 4.78. The van der Waals surface area contributed by atoms with Crippen LogP contribution in [0.2, 0.25) is 0 Å². The predicted molar refractivity (Wildman–Crippen MR) is 44.8 cm³/mol. The minimum Gasteiger partial charge on any atom is -0.481 e. The molecule has 0 amide bonds. The minimum absolute atomic E-state index is 0.0560. The summed E-state index contributed by atoms with van der Waals surface area (Å²) in [6.07, 6.45) is 0.436. The third-order valence-corrected chi connectivity index (χ3v) is 1.27. The molecule has 0 unspecified atom stereocenters. The predicted octanol–water partition coefficient (Wildman–Crippen LogP) is -1.34. The van der Waals surface area contributed by atoms with Gasteiger partial charge in [-0.1, -0.05) is 0 Å². The van der Waals surface area contributed by atoms with Gasteiger partial charge in [0.1, 0.15) is 0 Å². The number of guanidine groups is 1. The number of nitrogens with two attached hydrogens (primary N) is 2. The van der Waals surface area contributed by atoms with Crippen LogP contribution in [0.15, 0.2) is 0 Å². The van der Waals surface area contributed by atoms with Gasteiger partial charge in [-0.3, -0.25) is 10.2 Å². The topological polar surface area (TPSA) is 125 Å². The van der Waals surface area contributed by atoms with Gasteiger partial charge in [0.25, 0.3) is 0 Å². The normalized spacial score (nSPS) is 12.1. The van der Waals surface area contributed by atoms with Crippen molar-refractivity contribution in [1.29, 1.82) is 5.41 Å². The van der Waals surface area contributed by atoms with E-state index >= 15 is 0 Å². The maximum absolute atomic E-state index is 10.1. The van der Waals surface area contributed by atoms with Crippen LogP contribution in [0.1, 0.15) is 12.8 Å². The minimum atomic E-state index is -0.912. The molecule has 0 aliphatic heterocycles. The van der Waals surface area contributed by atoms with Crippen LogP contribution in [0.25, 0.3) is 0 Å². The fraction of sp³-hybridized carbons (Fsp3) is 0.667. The lowest BCUT2D eigenvalue weighted by molar-refractivity contribution is -0.137. The summed E-state index contributed by atoms with van der Waals surface area (Å²) in [5.41, 5.74) is 10.4. The quantitative estimate of drug-likeness (QED) is 0.260. The van der Waals surface area contributed by atoms with Crippen LogP contribution in [-0.4, -0.2) is 29.6 Å². The maximum atomic E-state index is 10.1. The van der Waals surface area contributed by atoms with Crippen molar-refractivity contribution in [1.82, 2.24) is 5.32 Å². The van der Waals surface area contributed by atoms with Gasteiger partial charge in [0.05, 0.1) is 6.42 Å². The average Bonchev–Trinajstić information content (AvgIpc) is 1.84. The van der Waals surface area contributed by atoms with Crippen LogP contribution < -0.4 is 16.8 Å². The van der Waals surface area contributed by atoms with E-state index in [0.717, 1.165) is 0 Å². The Bertz CT molecular complexity index is 171. The second-order valence-electron chi connectivity index (χ2n) is 2.49. The molecule has 0 spiro atoms. The molecular formula is C6H14N4O2. The van der Waals surface area contributed by atoms with Gasteiger partial charge in [0, 0.05) is 12.6 Å². The molecular weight excluding hydrogens is 160 g/mol. The molecule has 0 aliphatic carbocycles. The zero-order valence-electron chi connectivity index (χ0n) is 6.71. The van der Waals surface area contributed by atoms with E-state index in [9.17, 15) is 4.79 Å². The van der Waals surface area contributed by atoms with Crippen LogP contribution in [0, 0.1) is 5.41 Å². The molecule has 6 heteroatoms. The van der Waals surface area contributed by atoms with Gasteiger partial charge in [0.15, 0.2) is 5.96 Å². The Morgan fingerprint density at radius 2 is 2.25 bits per heavy atom. The van der Waals surface area contributed by atoms with E-state index in [2.05, 4.69) is 5.32 Å². The zero-order valence-corrected chi connectivity index (χ0v) is 6.71. The number of carboxylic acid groups (broad SMARTS) is 1. The monoisotopic (exact) mass is 174 g/mol. The van der Waals surface area contributed by atoms with E-state index in [1.54, 1.807) is 0 Å². The molecule has 12 heavy (non-hydrogen) atoms. The van der Waals surface area contributed by atoms with Gasteiger partial charge >= 0.3 is 5.97 Å². The molecule has 0 rings (SSSR count). The third-order valence-electron chi connectivity index (χ3n) is 1.27. The summed E-state index contributed by atoms with van der Waals surface area (Å²) < 4.78 is 0. The van der Waals surface area contributed by atoms with Gasteiger partial charge in [-0.2, -0.15) is 0 Å². The number of nitrogens with one attached hydrogen (secondary N) is 2. The molecule has 0 aromatic rings. The second-order valence-corrected chi connectivity index (χ2v) is 2.49. The molecule has 0 aliphatic rings. The van der Waals surface area contributed by atoms with Crippen molar-refractivity contribution in [3.63, 3.8) is 0 Å². The Morgan fingerprint density at radius 1 is 1.67 bits per heavy atom. The number of hydrogen-bond acceptors (Lipinski definition) is 3. The number of carboxylic acids is 1. The van der Waals surface area contributed by atoms with Gasteiger partial charge in [-0.05, 0) is 6.42 Å². The fourth-order valence-corrected chi connectivity index (χ4v) is 0.719. The number of carbonyl (C=O) groups is 1. The molecule has 0 aromatic heterocycles. The Labute approximate surface area is 70.4 Å². The van der Waals surface area contributed by atoms with Gasteiger partial charge in [-0.15, -0.1) is 0 Å². The summed E-state index contributed by atoms with van der Waals surface area (Å²) >= 11 is 0. The number of hydrogen-bond donors (Lipinski definition) is 5. The summed E-state index contributed by atoms with van der Waals surface area (Å²) in [4.78, 5) is 10.1. The van der Waals surface area contributed by atoms with Crippen molar-refractivity contribution >= 4 is 11.9 Å². The molecule has 0 saturated carbocycles. The van der Waals surface area contributed by atoms with E-state index in [4.69, 9.17) is 22.0 Å². The van der Waals surface area contributed by atoms with E-state index in [-0.39, 0.29) is 18.4 Å². The van der Waals surface area contributed by atoms with E-state index in [1.165, 1.54) is 0 Å². The van der Waals surface area contributed by atoms with Crippen molar-refractivity contribution in [2.45, 2.75) is 18.9 Å². The summed E-state index contributed by atoms with van der Waals surface area (Å²) in [6.45, 7) is 0.434. The Balaban J connectivity index is 3.37. The fourth-order valence-electron chi connectivity index (χ4n) is 0.719. The Hall–Kier alpha value is -1.30. The number of aliphatic carboxylic acids is 1. The van der Waals surface area contributed by atoms with Crippen molar-refractivity contribution < 1.29 is 9.90 Å². The van der Waals surface area contributed by atoms with Crippen LogP contribution >= 0.6 is 0 Å². The molecule has 0 aromatic carbocycles. The molecule has 0 radical (unpaired) electrons. The van der Waals surface area contributed by atoms with Crippen molar-refractivity contribution in [2.75, 3.05) is 6.54 Å². The summed E-state index contributed by atoms with van der Waals surface area (Å²) in [6, 6.07) is -0.380. The summed E-state index contributed by atoms with van der Waals surface area (Å²) in [5.74, 6) is -1.04. The summed E-state index contributed by atoms with van der Waals surface area (Å²) in [5, 5.41) is 17.7. The van der Waals surface area contributed by atoms with Gasteiger partial charge in [-0.25, -0.2) is 0 Å². The number of rotatable bonds is 5. The molecule has 0 bridgehead atoms. The van der Waals surface area contributed by atoms with E-state index in [0.29, 0.717) is 13.0 Å². The first-order valence-corrected chi connectivity index (χ1v) is 3.57. The first-order valence-electron chi connectivity index (χ1n) is 3.57. The van der Waals surface area contributed by atoms with Crippen LogP contribution in [-0.2, 0) is 4.79 Å². The highest BCUT2D eigenvalue weighted by atomic mass is 16.4. The first kappa shape index (κ1) is 10.7. The lowest BCUT2D eigenvalue weighted by atomic mass is 10.1. The first-order chi connectivity index (χ1) is 5.52. The average molecular weight is 174 g/mol. The molecule has 0 heterocycles. The molecule has 70 valence electrons. The largest absolute Gasteiger partial charge is 0.481 e. The van der Waals surface area contributed by atoms with Crippen molar-refractivity contribution in [3.05, 3.63) is 0 Å². The van der Waals surface area contributed by atoms with Crippen LogP contribution in [0.4, 0.5) is 0 Å². The molecule has 7 N–H and O–H groups in total. The SMILES string of the molecule is N=C(N)NCC[C@H](N)CC(=O)O. The maximum Gasteiger partial charge on any atom is 0.304 e. The van der Waals surface area contributed by atoms with Crippen molar-refractivity contribution in [3.8, 4) is 0 Å². The molecule has 0 saturated heterocycles. The smallest absolute Gasteiger partial charge is 0.304 e.